The number of carbonyl (C=O) groups excluding carboxylic acids is 1. The lowest BCUT2D eigenvalue weighted by molar-refractivity contribution is -0.138. The van der Waals surface area contributed by atoms with E-state index in [4.69, 9.17) is 16.6 Å². The maximum absolute atomic E-state index is 10.2. The number of primary amides is 1. The molecule has 78 valence electrons. The Balaban J connectivity index is 0. The Morgan fingerprint density at radius 2 is 2.00 bits per heavy atom. The molecule has 0 saturated carbocycles. The molecule has 0 saturated heterocycles. The van der Waals surface area contributed by atoms with Gasteiger partial charge in [0.15, 0.2) is 0 Å². The molecule has 0 fully saturated rings. The van der Waals surface area contributed by atoms with Gasteiger partial charge in [-0.25, -0.2) is 4.79 Å². The van der Waals surface area contributed by atoms with E-state index in [1.165, 1.54) is 0 Å². The summed E-state index contributed by atoms with van der Waals surface area (Å²) < 4.78 is 0. The molecule has 1 atom stereocenters. The summed E-state index contributed by atoms with van der Waals surface area (Å²) in [7, 11) is 0. The third-order valence-electron chi connectivity index (χ3n) is 1.31. The highest BCUT2D eigenvalue weighted by Crippen LogP contribution is 1.92. The van der Waals surface area contributed by atoms with Crippen molar-refractivity contribution in [2.45, 2.75) is 18.9 Å². The van der Waals surface area contributed by atoms with Crippen LogP contribution in [0.15, 0.2) is 0 Å². The van der Waals surface area contributed by atoms with E-state index in [0.29, 0.717) is 19.4 Å². The molecule has 0 spiro atoms. The molecule has 0 aromatic carbocycles. The fourth-order valence-electron chi connectivity index (χ4n) is 0.657. The second-order valence-corrected chi connectivity index (χ2v) is 2.38. The zero-order chi connectivity index (χ0) is 9.56. The average Bonchev–Trinajstić information content (AvgIpc) is 1.97. The van der Waals surface area contributed by atoms with Crippen molar-refractivity contribution in [1.29, 1.82) is 0 Å². The number of amides is 2. The van der Waals surface area contributed by atoms with Gasteiger partial charge in [0.1, 0.15) is 6.04 Å². The third kappa shape index (κ3) is 8.96. The molecule has 13 heavy (non-hydrogen) atoms. The first-order valence-corrected chi connectivity index (χ1v) is 3.55. The Morgan fingerprint density at radius 3 is 2.38 bits per heavy atom. The molecule has 0 aliphatic rings. The molecule has 6 N–H and O–H groups in total. The maximum atomic E-state index is 10.2. The lowest BCUT2D eigenvalue weighted by Crippen LogP contribution is -2.33. The van der Waals surface area contributed by atoms with Crippen LogP contribution in [0.4, 0.5) is 4.79 Å². The lowest BCUT2D eigenvalue weighted by Gasteiger charge is -2.05. The Labute approximate surface area is 83.1 Å². The molecule has 0 rings (SSSR count). The molecule has 7 heteroatoms. The first-order chi connectivity index (χ1) is 5.54. The van der Waals surface area contributed by atoms with Gasteiger partial charge in [0, 0.05) is 6.54 Å². The minimum absolute atomic E-state index is 0. The predicted octanol–water partition coefficient (Wildman–Crippen LogP) is -1.04. The van der Waals surface area contributed by atoms with Gasteiger partial charge >= 0.3 is 12.0 Å². The van der Waals surface area contributed by atoms with Gasteiger partial charge in [-0.05, 0) is 12.8 Å². The fourth-order valence-corrected chi connectivity index (χ4v) is 0.657. The van der Waals surface area contributed by atoms with Crippen LogP contribution < -0.4 is 16.8 Å². The predicted molar refractivity (Wildman–Crippen MR) is 52.8 cm³/mol. The monoisotopic (exact) mass is 209 g/mol. The van der Waals surface area contributed by atoms with Crippen molar-refractivity contribution in [2.75, 3.05) is 6.54 Å². The molecule has 0 heterocycles. The Kier molecular flexibility index (Phi) is 8.61. The third-order valence-corrected chi connectivity index (χ3v) is 1.31. The topological polar surface area (TPSA) is 118 Å². The van der Waals surface area contributed by atoms with Crippen LogP contribution in [-0.4, -0.2) is 29.7 Å². The molecule has 0 aliphatic heterocycles. The summed E-state index contributed by atoms with van der Waals surface area (Å²) in [6, 6.07) is -1.47. The number of carboxylic acids is 1. The van der Waals surface area contributed by atoms with Crippen molar-refractivity contribution in [3.05, 3.63) is 0 Å². The molecular weight excluding hydrogens is 194 g/mol. The second-order valence-electron chi connectivity index (χ2n) is 2.38. The van der Waals surface area contributed by atoms with Crippen molar-refractivity contribution in [1.82, 2.24) is 5.32 Å². The summed E-state index contributed by atoms with van der Waals surface area (Å²) >= 11 is 0. The van der Waals surface area contributed by atoms with Crippen LogP contribution in [0.25, 0.3) is 0 Å². The highest BCUT2D eigenvalue weighted by Gasteiger charge is 2.09. The molecule has 2 amide bonds. The van der Waals surface area contributed by atoms with Crippen molar-refractivity contribution in [3.8, 4) is 0 Å². The van der Waals surface area contributed by atoms with Gasteiger partial charge in [0.05, 0.1) is 0 Å². The SMILES string of the molecule is NC(=O)NCCC[C@H](N)C(=O)O.S. The number of aliphatic carboxylic acids is 1. The van der Waals surface area contributed by atoms with Crippen LogP contribution in [-0.2, 0) is 4.79 Å². The van der Waals surface area contributed by atoms with E-state index in [2.05, 4.69) is 5.32 Å². The summed E-state index contributed by atoms with van der Waals surface area (Å²) in [4.78, 5) is 20.3. The summed E-state index contributed by atoms with van der Waals surface area (Å²) in [5.41, 5.74) is 9.96. The summed E-state index contributed by atoms with van der Waals surface area (Å²) in [5, 5.41) is 10.7. The standard InChI is InChI=1S/C6H13N3O3.H2S/c7-4(5(10)11)2-1-3-9-6(8)12;/h4H,1-3,7H2,(H,10,11)(H3,8,9,12);1H2/t4-;/m0./s1. The summed E-state index contributed by atoms with van der Waals surface area (Å²) in [6.07, 6.45) is 0.839. The van der Waals surface area contributed by atoms with Crippen LogP contribution in [0.2, 0.25) is 0 Å². The molecule has 6 nitrogen and oxygen atoms in total. The molecule has 0 bridgehead atoms. The van der Waals surface area contributed by atoms with Crippen molar-refractivity contribution >= 4 is 25.5 Å². The van der Waals surface area contributed by atoms with Gasteiger partial charge in [0.2, 0.25) is 0 Å². The largest absolute Gasteiger partial charge is 0.480 e. The van der Waals surface area contributed by atoms with Crippen LogP contribution in [0.1, 0.15) is 12.8 Å². The van der Waals surface area contributed by atoms with Crippen LogP contribution in [0.5, 0.6) is 0 Å². The molecule has 0 radical (unpaired) electrons. The zero-order valence-electron chi connectivity index (χ0n) is 7.12. The lowest BCUT2D eigenvalue weighted by atomic mass is 10.2. The van der Waals surface area contributed by atoms with Gasteiger partial charge in [0.25, 0.3) is 0 Å². The van der Waals surface area contributed by atoms with Crippen molar-refractivity contribution in [2.24, 2.45) is 11.5 Å². The van der Waals surface area contributed by atoms with E-state index in [-0.39, 0.29) is 13.5 Å². The average molecular weight is 209 g/mol. The molecule has 0 aliphatic carbocycles. The van der Waals surface area contributed by atoms with Crippen molar-refractivity contribution in [3.63, 3.8) is 0 Å². The van der Waals surface area contributed by atoms with Gasteiger partial charge in [-0.15, -0.1) is 0 Å². The number of carbonyl (C=O) groups is 2. The van der Waals surface area contributed by atoms with E-state index in [9.17, 15) is 9.59 Å². The number of urea groups is 1. The first kappa shape index (κ1) is 14.6. The molecule has 0 aromatic rings. The van der Waals surface area contributed by atoms with Crippen molar-refractivity contribution < 1.29 is 14.7 Å². The van der Waals surface area contributed by atoms with E-state index in [0.717, 1.165) is 0 Å². The highest BCUT2D eigenvalue weighted by atomic mass is 32.1. The molecule has 0 unspecified atom stereocenters. The number of hydrogen-bond donors (Lipinski definition) is 4. The Bertz CT molecular complexity index is 177. The zero-order valence-corrected chi connectivity index (χ0v) is 8.12. The minimum Gasteiger partial charge on any atom is -0.480 e. The summed E-state index contributed by atoms with van der Waals surface area (Å²) in [6.45, 7) is 0.357. The normalized spacial score (nSPS) is 11.2. The highest BCUT2D eigenvalue weighted by molar-refractivity contribution is 7.59. The van der Waals surface area contributed by atoms with E-state index < -0.39 is 18.0 Å². The fraction of sp³-hybridized carbons (Fsp3) is 0.667. The van der Waals surface area contributed by atoms with E-state index >= 15 is 0 Å². The van der Waals surface area contributed by atoms with Gasteiger partial charge < -0.3 is 21.9 Å². The second kappa shape index (κ2) is 7.69. The van der Waals surface area contributed by atoms with Gasteiger partial charge in [-0.1, -0.05) is 0 Å². The number of nitrogens with two attached hydrogens (primary N) is 2. The number of hydrogen-bond acceptors (Lipinski definition) is 3. The van der Waals surface area contributed by atoms with Gasteiger partial charge in [-0.2, -0.15) is 13.5 Å². The number of rotatable bonds is 5. The Morgan fingerprint density at radius 1 is 1.46 bits per heavy atom. The van der Waals surface area contributed by atoms with E-state index in [1.54, 1.807) is 0 Å². The van der Waals surface area contributed by atoms with Crippen LogP contribution in [0.3, 0.4) is 0 Å². The minimum atomic E-state index is -1.03. The van der Waals surface area contributed by atoms with Crippen LogP contribution in [0, 0.1) is 0 Å². The quantitative estimate of drug-likeness (QED) is 0.432. The Hall–Kier alpha value is -0.950. The van der Waals surface area contributed by atoms with Crippen LogP contribution >= 0.6 is 13.5 Å². The smallest absolute Gasteiger partial charge is 0.320 e. The van der Waals surface area contributed by atoms with Gasteiger partial charge in [-0.3, -0.25) is 4.79 Å². The maximum Gasteiger partial charge on any atom is 0.320 e. The first-order valence-electron chi connectivity index (χ1n) is 3.55. The number of carboxylic acid groups (broad SMARTS) is 1. The number of nitrogens with one attached hydrogen (secondary N) is 1. The molecular formula is C6H15N3O3S. The summed E-state index contributed by atoms with van der Waals surface area (Å²) in [5.74, 6) is -1.03. The molecule has 0 aromatic heterocycles. The van der Waals surface area contributed by atoms with E-state index in [1.807, 2.05) is 0 Å².